The molecule has 0 saturated carbocycles. The molecule has 0 amide bonds. The van der Waals surface area contributed by atoms with Crippen molar-refractivity contribution >= 4 is 5.71 Å². The van der Waals surface area contributed by atoms with E-state index in [4.69, 9.17) is 5.21 Å². The van der Waals surface area contributed by atoms with Crippen molar-refractivity contribution in [2.75, 3.05) is 6.54 Å². The normalized spacial score (nSPS) is 22.6. The third-order valence-electron chi connectivity index (χ3n) is 1.99. The van der Waals surface area contributed by atoms with Crippen molar-refractivity contribution in [1.29, 1.82) is 0 Å². The summed E-state index contributed by atoms with van der Waals surface area (Å²) in [5.74, 6) is 0. The number of hydrogen-bond donors (Lipinski definition) is 2. The molecule has 1 heterocycles. The predicted octanol–water partition coefficient (Wildman–Crippen LogP) is 1.49. The van der Waals surface area contributed by atoms with Crippen LogP contribution in [0.4, 0.5) is 0 Å². The quantitative estimate of drug-likeness (QED) is 0.562. The highest BCUT2D eigenvalue weighted by Crippen LogP contribution is 2.15. The Bertz CT molecular complexity index is 206. The van der Waals surface area contributed by atoms with E-state index in [-0.39, 0.29) is 0 Å². The van der Waals surface area contributed by atoms with Crippen molar-refractivity contribution in [1.82, 2.24) is 5.48 Å². The zero-order valence-electron chi connectivity index (χ0n) is 7.02. The summed E-state index contributed by atoms with van der Waals surface area (Å²) in [5.41, 5.74) is 5.19. The van der Waals surface area contributed by atoms with Crippen molar-refractivity contribution in [3.63, 3.8) is 0 Å². The van der Waals surface area contributed by atoms with Crippen LogP contribution < -0.4 is 5.48 Å². The van der Waals surface area contributed by atoms with Crippen LogP contribution in [0.25, 0.3) is 0 Å². The van der Waals surface area contributed by atoms with Crippen molar-refractivity contribution in [3.8, 4) is 0 Å². The van der Waals surface area contributed by atoms with E-state index in [0.29, 0.717) is 0 Å². The largest absolute Gasteiger partial charge is 0.291 e. The van der Waals surface area contributed by atoms with Crippen LogP contribution in [0.2, 0.25) is 0 Å². The number of nitrogens with one attached hydrogen (secondary N) is 1. The van der Waals surface area contributed by atoms with Gasteiger partial charge in [0.1, 0.15) is 0 Å². The molecular formula is C8H14N2O. The lowest BCUT2D eigenvalue weighted by atomic mass is 10.0. The highest BCUT2D eigenvalue weighted by atomic mass is 16.5. The summed E-state index contributed by atoms with van der Waals surface area (Å²) < 4.78 is 0. The molecule has 0 aromatic heterocycles. The Morgan fingerprint density at radius 3 is 2.91 bits per heavy atom. The molecule has 0 atom stereocenters. The number of rotatable bonds is 1. The molecule has 1 aliphatic heterocycles. The van der Waals surface area contributed by atoms with Gasteiger partial charge in [-0.3, -0.25) is 15.7 Å². The molecule has 1 rings (SSSR count). The topological polar surface area (TPSA) is 44.6 Å². The minimum atomic E-state index is 0.825. The Labute approximate surface area is 66.8 Å². The second-order valence-corrected chi connectivity index (χ2v) is 2.79. The van der Waals surface area contributed by atoms with Gasteiger partial charge in [0.2, 0.25) is 0 Å². The molecule has 0 aliphatic carbocycles. The molecular weight excluding hydrogens is 140 g/mol. The van der Waals surface area contributed by atoms with E-state index < -0.39 is 0 Å². The Morgan fingerprint density at radius 2 is 2.36 bits per heavy atom. The maximum absolute atomic E-state index is 8.64. The van der Waals surface area contributed by atoms with Crippen LogP contribution in [0.15, 0.2) is 16.3 Å². The molecule has 2 N–H and O–H groups in total. The maximum Gasteiger partial charge on any atom is 0.0395 e. The second-order valence-electron chi connectivity index (χ2n) is 2.79. The molecule has 3 heteroatoms. The molecule has 0 spiro atoms. The lowest BCUT2D eigenvalue weighted by Crippen LogP contribution is -2.14. The Hall–Kier alpha value is -0.830. The predicted molar refractivity (Wildman–Crippen MR) is 44.8 cm³/mol. The van der Waals surface area contributed by atoms with Gasteiger partial charge in [0.25, 0.3) is 0 Å². The molecule has 0 bridgehead atoms. The molecule has 0 aromatic carbocycles. The molecule has 0 saturated heterocycles. The van der Waals surface area contributed by atoms with E-state index in [1.54, 1.807) is 0 Å². The van der Waals surface area contributed by atoms with Gasteiger partial charge >= 0.3 is 0 Å². The average Bonchev–Trinajstić information content (AvgIpc) is 2.04. The molecule has 0 fully saturated rings. The first-order valence-electron chi connectivity index (χ1n) is 3.87. The minimum Gasteiger partial charge on any atom is -0.291 e. The van der Waals surface area contributed by atoms with Gasteiger partial charge < -0.3 is 0 Å². The molecule has 0 unspecified atom stereocenters. The maximum atomic E-state index is 8.64. The SMILES string of the molecule is CC1=NCCC/C1=C(/C)NO. The Kier molecular flexibility index (Phi) is 2.65. The van der Waals surface area contributed by atoms with Gasteiger partial charge in [-0.1, -0.05) is 0 Å². The van der Waals surface area contributed by atoms with Gasteiger partial charge in [-0.25, -0.2) is 0 Å². The Balaban J connectivity index is 2.86. The van der Waals surface area contributed by atoms with E-state index >= 15 is 0 Å². The highest BCUT2D eigenvalue weighted by Gasteiger charge is 2.09. The summed E-state index contributed by atoms with van der Waals surface area (Å²) in [5, 5.41) is 8.64. The lowest BCUT2D eigenvalue weighted by Gasteiger charge is -2.14. The minimum absolute atomic E-state index is 0.825. The number of hydroxylamine groups is 1. The summed E-state index contributed by atoms with van der Waals surface area (Å²) >= 11 is 0. The second kappa shape index (κ2) is 3.53. The third-order valence-corrected chi connectivity index (χ3v) is 1.99. The first kappa shape index (κ1) is 8.27. The van der Waals surface area contributed by atoms with Crippen LogP contribution >= 0.6 is 0 Å². The highest BCUT2D eigenvalue weighted by molar-refractivity contribution is 5.99. The zero-order valence-corrected chi connectivity index (χ0v) is 7.02. The molecule has 0 aromatic rings. The fourth-order valence-corrected chi connectivity index (χ4v) is 1.31. The van der Waals surface area contributed by atoms with Gasteiger partial charge in [-0.05, 0) is 32.3 Å². The fraction of sp³-hybridized carbons (Fsp3) is 0.625. The number of aliphatic imine (C=N–C) groups is 1. The zero-order chi connectivity index (χ0) is 8.27. The Morgan fingerprint density at radius 1 is 1.64 bits per heavy atom. The van der Waals surface area contributed by atoms with Crippen molar-refractivity contribution < 1.29 is 5.21 Å². The van der Waals surface area contributed by atoms with Crippen molar-refractivity contribution in [2.45, 2.75) is 26.7 Å². The average molecular weight is 154 g/mol. The standard InChI is InChI=1S/C8H14N2O/c1-6-8(7(2)10-11)4-3-5-9-6/h10-11H,3-5H2,1-2H3/b8-7+. The van der Waals surface area contributed by atoms with E-state index in [1.165, 1.54) is 0 Å². The van der Waals surface area contributed by atoms with Crippen LogP contribution in [-0.2, 0) is 0 Å². The summed E-state index contributed by atoms with van der Waals surface area (Å²) in [6, 6.07) is 0. The van der Waals surface area contributed by atoms with Crippen LogP contribution in [-0.4, -0.2) is 17.5 Å². The van der Waals surface area contributed by atoms with Crippen LogP contribution in [0.3, 0.4) is 0 Å². The monoisotopic (exact) mass is 154 g/mol. The summed E-state index contributed by atoms with van der Waals surface area (Å²) in [6.07, 6.45) is 2.11. The van der Waals surface area contributed by atoms with Crippen LogP contribution in [0, 0.1) is 0 Å². The third kappa shape index (κ3) is 1.80. The van der Waals surface area contributed by atoms with E-state index in [1.807, 2.05) is 13.8 Å². The molecule has 1 aliphatic rings. The summed E-state index contributed by atoms with van der Waals surface area (Å²) in [4.78, 5) is 4.29. The van der Waals surface area contributed by atoms with Gasteiger partial charge in [-0.15, -0.1) is 0 Å². The number of hydrogen-bond acceptors (Lipinski definition) is 3. The summed E-state index contributed by atoms with van der Waals surface area (Å²) in [6.45, 7) is 4.77. The van der Waals surface area contributed by atoms with Gasteiger partial charge in [0.05, 0.1) is 0 Å². The molecule has 3 nitrogen and oxygen atoms in total. The summed E-state index contributed by atoms with van der Waals surface area (Å²) in [7, 11) is 0. The van der Waals surface area contributed by atoms with Gasteiger partial charge in [0.15, 0.2) is 0 Å². The number of nitrogens with zero attached hydrogens (tertiary/aromatic N) is 1. The first-order valence-corrected chi connectivity index (χ1v) is 3.87. The van der Waals surface area contributed by atoms with Crippen molar-refractivity contribution in [2.24, 2.45) is 4.99 Å². The molecule has 0 radical (unpaired) electrons. The lowest BCUT2D eigenvalue weighted by molar-refractivity contribution is 0.199. The van der Waals surface area contributed by atoms with Gasteiger partial charge in [0, 0.05) is 18.0 Å². The van der Waals surface area contributed by atoms with Gasteiger partial charge in [-0.2, -0.15) is 0 Å². The van der Waals surface area contributed by atoms with E-state index in [2.05, 4.69) is 10.5 Å². The van der Waals surface area contributed by atoms with Crippen LogP contribution in [0.5, 0.6) is 0 Å². The number of allylic oxidation sites excluding steroid dienone is 2. The van der Waals surface area contributed by atoms with Crippen molar-refractivity contribution in [3.05, 3.63) is 11.3 Å². The first-order chi connectivity index (χ1) is 5.25. The van der Waals surface area contributed by atoms with E-state index in [9.17, 15) is 0 Å². The van der Waals surface area contributed by atoms with Crippen LogP contribution in [0.1, 0.15) is 26.7 Å². The molecule has 62 valence electrons. The molecule has 11 heavy (non-hydrogen) atoms. The fourth-order valence-electron chi connectivity index (χ4n) is 1.31. The smallest absolute Gasteiger partial charge is 0.0395 e. The van der Waals surface area contributed by atoms with E-state index in [0.717, 1.165) is 36.4 Å².